The molecular weight excluding hydrogens is 526 g/mol. The molecule has 212 valence electrons. The van der Waals surface area contributed by atoms with Crippen LogP contribution in [0.2, 0.25) is 0 Å². The topological polar surface area (TPSA) is 94.3 Å². The number of rotatable bonds is 8. The molecule has 0 fully saturated rings. The number of benzene rings is 3. The molecule has 7 nitrogen and oxygen atoms in total. The Labute approximate surface area is 236 Å². The van der Waals surface area contributed by atoms with Gasteiger partial charge in [-0.2, -0.15) is 0 Å². The molecule has 0 aliphatic carbocycles. The zero-order chi connectivity index (χ0) is 29.1. The molecule has 1 aliphatic rings. The smallest absolute Gasteiger partial charge is 0.245 e. The number of nitrogens with zero attached hydrogens (tertiary/aromatic N) is 1. The molecule has 4 aromatic rings. The van der Waals surface area contributed by atoms with Crippen molar-refractivity contribution in [2.75, 3.05) is 6.54 Å². The Hall–Kier alpha value is -4.53. The summed E-state index contributed by atoms with van der Waals surface area (Å²) < 4.78 is 27.0. The molecule has 0 saturated carbocycles. The van der Waals surface area contributed by atoms with Crippen molar-refractivity contribution in [2.24, 2.45) is 5.92 Å². The molecule has 3 unspecified atom stereocenters. The lowest BCUT2D eigenvalue weighted by Crippen LogP contribution is -2.53. The van der Waals surface area contributed by atoms with Crippen molar-refractivity contribution in [3.8, 4) is 0 Å². The number of H-pyrrole nitrogens is 1. The van der Waals surface area contributed by atoms with Gasteiger partial charge in [0.25, 0.3) is 0 Å². The first-order chi connectivity index (χ1) is 19.7. The fourth-order valence-corrected chi connectivity index (χ4v) is 5.44. The van der Waals surface area contributed by atoms with E-state index in [4.69, 9.17) is 0 Å². The molecule has 41 heavy (non-hydrogen) atoms. The van der Waals surface area contributed by atoms with E-state index < -0.39 is 35.4 Å². The normalized spacial score (nSPS) is 16.1. The SMILES string of the molecule is CC(C(=O)NCc1cc(F)cc(F)c1)C(=O)NC(Cc1c[nH]c2ccccc12)C(=O)N1Cc2ccccc2C(C)C1. The first-order valence-corrected chi connectivity index (χ1v) is 13.6. The zero-order valence-electron chi connectivity index (χ0n) is 22.9. The average molecular weight is 559 g/mol. The summed E-state index contributed by atoms with van der Waals surface area (Å²) in [6.07, 6.45) is 2.07. The molecule has 3 N–H and O–H groups in total. The van der Waals surface area contributed by atoms with E-state index in [9.17, 15) is 23.2 Å². The van der Waals surface area contributed by atoms with Crippen molar-refractivity contribution in [2.45, 2.75) is 45.3 Å². The Morgan fingerprint density at radius 2 is 1.71 bits per heavy atom. The third-order valence-corrected chi connectivity index (χ3v) is 7.64. The number of hydrogen-bond donors (Lipinski definition) is 3. The highest BCUT2D eigenvalue weighted by atomic mass is 19.1. The van der Waals surface area contributed by atoms with Gasteiger partial charge in [0.1, 0.15) is 23.6 Å². The number of para-hydroxylation sites is 1. The second-order valence-corrected chi connectivity index (χ2v) is 10.7. The summed E-state index contributed by atoms with van der Waals surface area (Å²) in [7, 11) is 0. The van der Waals surface area contributed by atoms with Crippen molar-refractivity contribution >= 4 is 28.6 Å². The summed E-state index contributed by atoms with van der Waals surface area (Å²) in [5.41, 5.74) is 4.29. The summed E-state index contributed by atoms with van der Waals surface area (Å²) in [4.78, 5) is 45.0. The van der Waals surface area contributed by atoms with Crippen molar-refractivity contribution in [1.29, 1.82) is 0 Å². The van der Waals surface area contributed by atoms with Crippen molar-refractivity contribution < 1.29 is 23.2 Å². The Bertz CT molecular complexity index is 1580. The quantitative estimate of drug-likeness (QED) is 0.277. The molecule has 2 heterocycles. The largest absolute Gasteiger partial charge is 0.361 e. The minimum atomic E-state index is -1.15. The van der Waals surface area contributed by atoms with Crippen LogP contribution in [0.15, 0.2) is 72.9 Å². The third kappa shape index (κ3) is 6.29. The highest BCUT2D eigenvalue weighted by Gasteiger charge is 2.33. The van der Waals surface area contributed by atoms with Gasteiger partial charge in [0.15, 0.2) is 0 Å². The van der Waals surface area contributed by atoms with Crippen LogP contribution in [0.5, 0.6) is 0 Å². The Morgan fingerprint density at radius 3 is 2.49 bits per heavy atom. The lowest BCUT2D eigenvalue weighted by molar-refractivity contribution is -0.140. The number of nitrogens with one attached hydrogen (secondary N) is 3. The lowest BCUT2D eigenvalue weighted by atomic mass is 9.90. The second-order valence-electron chi connectivity index (χ2n) is 10.7. The van der Waals surface area contributed by atoms with E-state index >= 15 is 0 Å². The lowest BCUT2D eigenvalue weighted by Gasteiger charge is -2.35. The second kappa shape index (κ2) is 11.9. The fourth-order valence-electron chi connectivity index (χ4n) is 5.44. The molecule has 9 heteroatoms. The van der Waals surface area contributed by atoms with Crippen molar-refractivity contribution in [1.82, 2.24) is 20.5 Å². The Kier molecular flexibility index (Phi) is 8.14. The van der Waals surface area contributed by atoms with E-state index in [1.165, 1.54) is 12.5 Å². The minimum absolute atomic E-state index is 0.130. The summed E-state index contributed by atoms with van der Waals surface area (Å²) in [6, 6.07) is 17.8. The molecule has 0 saturated heterocycles. The molecule has 5 rings (SSSR count). The highest BCUT2D eigenvalue weighted by Crippen LogP contribution is 2.29. The van der Waals surface area contributed by atoms with Crippen molar-refractivity contribution in [3.63, 3.8) is 0 Å². The molecule has 0 spiro atoms. The molecule has 0 bridgehead atoms. The molecule has 1 aromatic heterocycles. The molecule has 3 amide bonds. The van der Waals surface area contributed by atoms with E-state index in [0.29, 0.717) is 13.1 Å². The molecule has 1 aliphatic heterocycles. The fraction of sp³-hybridized carbons (Fsp3) is 0.281. The molecule has 0 radical (unpaired) electrons. The van der Waals surface area contributed by atoms with E-state index in [0.717, 1.165) is 40.2 Å². The number of fused-ring (bicyclic) bond motifs is 2. The summed E-state index contributed by atoms with van der Waals surface area (Å²) in [5, 5.41) is 6.33. The van der Waals surface area contributed by atoms with Crippen LogP contribution in [0.3, 0.4) is 0 Å². The summed E-state index contributed by atoms with van der Waals surface area (Å²) >= 11 is 0. The molecule has 3 aromatic carbocycles. The minimum Gasteiger partial charge on any atom is -0.361 e. The Balaban J connectivity index is 1.33. The van der Waals surface area contributed by atoms with Crippen LogP contribution in [0.1, 0.15) is 42.0 Å². The van der Waals surface area contributed by atoms with Crippen LogP contribution in [-0.2, 0) is 33.9 Å². The maximum Gasteiger partial charge on any atom is 0.245 e. The van der Waals surface area contributed by atoms with Gasteiger partial charge >= 0.3 is 0 Å². The maximum atomic E-state index is 13.9. The van der Waals surface area contributed by atoms with Gasteiger partial charge in [-0.15, -0.1) is 0 Å². The molecule has 3 atom stereocenters. The first-order valence-electron chi connectivity index (χ1n) is 13.6. The van der Waals surface area contributed by atoms with E-state index in [1.807, 2.05) is 48.7 Å². The Morgan fingerprint density at radius 1 is 1.00 bits per heavy atom. The predicted octanol–water partition coefficient (Wildman–Crippen LogP) is 4.57. The van der Waals surface area contributed by atoms with Crippen LogP contribution in [-0.4, -0.2) is 40.2 Å². The monoisotopic (exact) mass is 558 g/mol. The van der Waals surface area contributed by atoms with Crippen molar-refractivity contribution in [3.05, 3.63) is 107 Å². The highest BCUT2D eigenvalue weighted by molar-refractivity contribution is 6.01. The van der Waals surface area contributed by atoms with Crippen LogP contribution < -0.4 is 10.6 Å². The van der Waals surface area contributed by atoms with Gasteiger partial charge < -0.3 is 20.5 Å². The number of hydrogen-bond acceptors (Lipinski definition) is 3. The zero-order valence-corrected chi connectivity index (χ0v) is 22.9. The van der Waals surface area contributed by atoms with Gasteiger partial charge in [-0.25, -0.2) is 8.78 Å². The van der Waals surface area contributed by atoms with E-state index in [2.05, 4.69) is 28.6 Å². The summed E-state index contributed by atoms with van der Waals surface area (Å²) in [6.45, 7) is 4.30. The number of amides is 3. The first kappa shape index (κ1) is 28.0. The maximum absolute atomic E-state index is 13.9. The van der Waals surface area contributed by atoms with Gasteiger partial charge in [-0.1, -0.05) is 49.4 Å². The number of halogens is 2. The van der Waals surface area contributed by atoms with Gasteiger partial charge in [0, 0.05) is 49.2 Å². The number of carbonyl (C=O) groups excluding carboxylic acids is 3. The van der Waals surface area contributed by atoms with Crippen LogP contribution in [0, 0.1) is 17.6 Å². The number of aromatic nitrogens is 1. The van der Waals surface area contributed by atoms with Gasteiger partial charge in [-0.3, -0.25) is 14.4 Å². The average Bonchev–Trinajstić information content (AvgIpc) is 3.37. The van der Waals surface area contributed by atoms with Gasteiger partial charge in [0.05, 0.1) is 0 Å². The van der Waals surface area contributed by atoms with E-state index in [-0.39, 0.29) is 30.4 Å². The number of aromatic amines is 1. The van der Waals surface area contributed by atoms with Gasteiger partial charge in [0.2, 0.25) is 17.7 Å². The van der Waals surface area contributed by atoms with Crippen LogP contribution >= 0.6 is 0 Å². The third-order valence-electron chi connectivity index (χ3n) is 7.64. The van der Waals surface area contributed by atoms with E-state index in [1.54, 1.807) is 4.90 Å². The molecular formula is C32H32F2N4O3. The van der Waals surface area contributed by atoms with Crippen LogP contribution in [0.25, 0.3) is 10.9 Å². The standard InChI is InChI=1S/C32H32F2N4O3/c1-19-17-38(18-22-7-3-4-8-26(19)22)32(41)29(13-23-16-35-28-10-6-5-9-27(23)28)37-31(40)20(2)30(39)36-15-21-11-24(33)14-25(34)12-21/h3-12,14,16,19-20,29,35H,13,15,17-18H2,1-2H3,(H,36,39)(H,37,40). The summed E-state index contributed by atoms with van der Waals surface area (Å²) in [5.74, 6) is -3.99. The van der Waals surface area contributed by atoms with Gasteiger partial charge in [-0.05, 0) is 53.3 Å². The number of carbonyl (C=O) groups is 3. The predicted molar refractivity (Wildman–Crippen MR) is 152 cm³/mol. The van der Waals surface area contributed by atoms with Crippen LogP contribution in [0.4, 0.5) is 8.78 Å².